The van der Waals surface area contributed by atoms with Crippen molar-refractivity contribution < 1.29 is 34.2 Å². The molecule has 0 radical (unpaired) electrons. The van der Waals surface area contributed by atoms with Gasteiger partial charge in [0, 0.05) is 17.1 Å². The van der Waals surface area contributed by atoms with Gasteiger partial charge in [0.2, 0.25) is 17.7 Å². The predicted molar refractivity (Wildman–Crippen MR) is 126 cm³/mol. The Hall–Kier alpha value is -3.93. The zero-order valence-electron chi connectivity index (χ0n) is 19.5. The quantitative estimate of drug-likeness (QED) is 0.199. The number of benzene rings is 1. The molecule has 2 rings (SSSR count). The summed E-state index contributed by atoms with van der Waals surface area (Å²) in [5.74, 6) is -4.95. The van der Waals surface area contributed by atoms with Crippen molar-refractivity contribution in [2.45, 2.75) is 51.2 Å². The van der Waals surface area contributed by atoms with E-state index in [-0.39, 0.29) is 18.8 Å². The predicted octanol–water partition coefficient (Wildman–Crippen LogP) is -0.271. The summed E-state index contributed by atoms with van der Waals surface area (Å²) in [6, 6.07) is 3.77. The highest BCUT2D eigenvalue weighted by molar-refractivity contribution is 5.94. The van der Waals surface area contributed by atoms with Crippen LogP contribution in [0.25, 0.3) is 10.9 Å². The fourth-order valence-electron chi connectivity index (χ4n) is 3.52. The number of rotatable bonds is 13. The number of nitrogens with one attached hydrogen (secondary N) is 4. The van der Waals surface area contributed by atoms with E-state index in [2.05, 4.69) is 20.9 Å². The molecule has 35 heavy (non-hydrogen) atoms. The number of carbonyl (C=O) groups is 5. The molecule has 0 fully saturated rings. The Bertz CT molecular complexity index is 1080. The van der Waals surface area contributed by atoms with Gasteiger partial charge in [0.25, 0.3) is 0 Å². The highest BCUT2D eigenvalue weighted by atomic mass is 16.4. The molecule has 0 saturated heterocycles. The minimum atomic E-state index is -1.48. The standard InChI is InChI=1S/C23H31N5O7/c1-12(2)7-18(23(34)35)27-19(29)11-26-22(33)17(9-20(30)31)28-21(32)15(24)8-13-10-25-16-6-4-3-5-14(13)16/h3-6,10,12,15,17-18,25H,7-9,11,24H2,1-2H3,(H,26,33)(H,27,29)(H,28,32)(H,30,31)(H,34,35). The maximum Gasteiger partial charge on any atom is 0.326 e. The number of hydrogen-bond acceptors (Lipinski definition) is 6. The van der Waals surface area contributed by atoms with E-state index in [1.807, 2.05) is 24.3 Å². The molecule has 0 spiro atoms. The minimum Gasteiger partial charge on any atom is -0.481 e. The van der Waals surface area contributed by atoms with E-state index in [0.717, 1.165) is 16.5 Å². The van der Waals surface area contributed by atoms with Crippen LogP contribution in [0.5, 0.6) is 0 Å². The number of para-hydroxylation sites is 1. The zero-order chi connectivity index (χ0) is 26.1. The van der Waals surface area contributed by atoms with Gasteiger partial charge in [-0.15, -0.1) is 0 Å². The summed E-state index contributed by atoms with van der Waals surface area (Å²) in [5.41, 5.74) is 7.66. The van der Waals surface area contributed by atoms with Crippen molar-refractivity contribution in [2.24, 2.45) is 11.7 Å². The number of aliphatic carboxylic acids is 2. The summed E-state index contributed by atoms with van der Waals surface area (Å²) in [6.45, 7) is 3.01. The lowest BCUT2D eigenvalue weighted by Gasteiger charge is -2.20. The fourth-order valence-corrected chi connectivity index (χ4v) is 3.52. The van der Waals surface area contributed by atoms with E-state index in [4.69, 9.17) is 10.8 Å². The molecule has 2 aromatic rings. The Balaban J connectivity index is 1.96. The lowest BCUT2D eigenvalue weighted by Crippen LogP contribution is -2.54. The number of H-pyrrole nitrogens is 1. The Morgan fingerprint density at radius 2 is 1.69 bits per heavy atom. The van der Waals surface area contributed by atoms with Gasteiger partial charge in [-0.1, -0.05) is 32.0 Å². The number of carbonyl (C=O) groups excluding carboxylic acids is 3. The second kappa shape index (κ2) is 12.5. The van der Waals surface area contributed by atoms with E-state index in [1.165, 1.54) is 0 Å². The molecule has 0 aliphatic rings. The summed E-state index contributed by atoms with van der Waals surface area (Å²) in [4.78, 5) is 62.8. The topological polar surface area (TPSA) is 204 Å². The smallest absolute Gasteiger partial charge is 0.326 e. The van der Waals surface area contributed by atoms with E-state index >= 15 is 0 Å². The van der Waals surface area contributed by atoms with Crippen molar-refractivity contribution in [1.29, 1.82) is 0 Å². The maximum absolute atomic E-state index is 12.6. The number of fused-ring (bicyclic) bond motifs is 1. The summed E-state index contributed by atoms with van der Waals surface area (Å²) in [7, 11) is 0. The highest BCUT2D eigenvalue weighted by Crippen LogP contribution is 2.18. The second-order valence-electron chi connectivity index (χ2n) is 8.63. The summed E-state index contributed by atoms with van der Waals surface area (Å²) < 4.78 is 0. The van der Waals surface area contributed by atoms with Crippen LogP contribution in [0.4, 0.5) is 0 Å². The third-order valence-electron chi connectivity index (χ3n) is 5.23. The number of hydrogen-bond donors (Lipinski definition) is 7. The molecular weight excluding hydrogens is 458 g/mol. The number of carboxylic acids is 2. The number of nitrogens with two attached hydrogens (primary N) is 1. The minimum absolute atomic E-state index is 0.00890. The average molecular weight is 490 g/mol. The average Bonchev–Trinajstić information content (AvgIpc) is 3.18. The van der Waals surface area contributed by atoms with Crippen LogP contribution in [0.15, 0.2) is 30.5 Å². The van der Waals surface area contributed by atoms with Gasteiger partial charge < -0.3 is 36.9 Å². The highest BCUT2D eigenvalue weighted by Gasteiger charge is 2.27. The molecule has 0 aliphatic heterocycles. The van der Waals surface area contributed by atoms with Gasteiger partial charge in [-0.3, -0.25) is 19.2 Å². The molecule has 1 aromatic heterocycles. The third-order valence-corrected chi connectivity index (χ3v) is 5.23. The van der Waals surface area contributed by atoms with Crippen LogP contribution in [0, 0.1) is 5.92 Å². The van der Waals surface area contributed by atoms with Crippen LogP contribution in [-0.2, 0) is 30.4 Å². The lowest BCUT2D eigenvalue weighted by molar-refractivity contribution is -0.143. The zero-order valence-corrected chi connectivity index (χ0v) is 19.5. The first-order chi connectivity index (χ1) is 16.5. The fraction of sp³-hybridized carbons (Fsp3) is 0.435. The SMILES string of the molecule is CC(C)CC(NC(=O)CNC(=O)C(CC(=O)O)NC(=O)C(N)Cc1c[nH]c2ccccc12)C(=O)O. The maximum atomic E-state index is 12.6. The van der Waals surface area contributed by atoms with Gasteiger partial charge in [0.15, 0.2) is 0 Å². The Morgan fingerprint density at radius 1 is 1.00 bits per heavy atom. The van der Waals surface area contributed by atoms with Crippen LogP contribution in [-0.4, -0.2) is 69.5 Å². The van der Waals surface area contributed by atoms with E-state index in [1.54, 1.807) is 20.0 Å². The van der Waals surface area contributed by atoms with E-state index in [9.17, 15) is 29.1 Å². The molecule has 190 valence electrons. The van der Waals surface area contributed by atoms with Crippen LogP contribution in [0.1, 0.15) is 32.3 Å². The number of amides is 3. The molecule has 0 aliphatic carbocycles. The van der Waals surface area contributed by atoms with Gasteiger partial charge in [0.1, 0.15) is 12.1 Å². The van der Waals surface area contributed by atoms with Gasteiger partial charge in [-0.25, -0.2) is 4.79 Å². The van der Waals surface area contributed by atoms with Crippen molar-refractivity contribution in [3.8, 4) is 0 Å². The Morgan fingerprint density at radius 3 is 2.31 bits per heavy atom. The number of aromatic amines is 1. The normalized spacial score (nSPS) is 13.6. The summed E-state index contributed by atoms with van der Waals surface area (Å²) >= 11 is 0. The lowest BCUT2D eigenvalue weighted by atomic mass is 10.0. The number of aromatic nitrogens is 1. The van der Waals surface area contributed by atoms with Crippen molar-refractivity contribution in [2.75, 3.05) is 6.54 Å². The van der Waals surface area contributed by atoms with Gasteiger partial charge in [-0.2, -0.15) is 0 Å². The monoisotopic (exact) mass is 489 g/mol. The first-order valence-corrected chi connectivity index (χ1v) is 11.1. The Kier molecular flexibility index (Phi) is 9.76. The van der Waals surface area contributed by atoms with Gasteiger partial charge in [0.05, 0.1) is 19.0 Å². The summed E-state index contributed by atoms with van der Waals surface area (Å²) in [6.07, 6.45) is 1.33. The van der Waals surface area contributed by atoms with E-state index in [0.29, 0.717) is 0 Å². The molecular formula is C23H31N5O7. The molecule has 3 unspecified atom stereocenters. The largest absolute Gasteiger partial charge is 0.481 e. The molecule has 8 N–H and O–H groups in total. The molecule has 1 aromatic carbocycles. The van der Waals surface area contributed by atoms with Crippen molar-refractivity contribution in [3.05, 3.63) is 36.0 Å². The molecule has 3 amide bonds. The van der Waals surface area contributed by atoms with Crippen LogP contribution in [0.2, 0.25) is 0 Å². The molecule has 0 bridgehead atoms. The first-order valence-electron chi connectivity index (χ1n) is 11.1. The van der Waals surface area contributed by atoms with E-state index < -0.39 is 60.8 Å². The second-order valence-corrected chi connectivity index (χ2v) is 8.63. The van der Waals surface area contributed by atoms with Crippen LogP contribution in [0.3, 0.4) is 0 Å². The van der Waals surface area contributed by atoms with Gasteiger partial charge >= 0.3 is 11.9 Å². The molecule has 3 atom stereocenters. The molecule has 0 saturated carbocycles. The van der Waals surface area contributed by atoms with Gasteiger partial charge in [-0.05, 0) is 30.4 Å². The molecule has 1 heterocycles. The molecule has 12 heteroatoms. The van der Waals surface area contributed by atoms with Crippen molar-refractivity contribution >= 4 is 40.6 Å². The molecule has 12 nitrogen and oxygen atoms in total. The summed E-state index contributed by atoms with van der Waals surface area (Å²) in [5, 5.41) is 26.1. The third kappa shape index (κ3) is 8.41. The van der Waals surface area contributed by atoms with Crippen molar-refractivity contribution in [3.63, 3.8) is 0 Å². The number of carboxylic acid groups (broad SMARTS) is 2. The van der Waals surface area contributed by atoms with Crippen LogP contribution < -0.4 is 21.7 Å². The first kappa shape index (κ1) is 27.3. The Labute approximate surface area is 201 Å². The van der Waals surface area contributed by atoms with Crippen molar-refractivity contribution in [1.82, 2.24) is 20.9 Å². The van der Waals surface area contributed by atoms with Crippen LogP contribution >= 0.6 is 0 Å².